The van der Waals surface area contributed by atoms with Crippen LogP contribution < -0.4 is 4.90 Å². The van der Waals surface area contributed by atoms with Crippen molar-refractivity contribution in [1.29, 1.82) is 0 Å². The minimum absolute atomic E-state index is 0.662. The molecule has 0 aliphatic carbocycles. The number of rotatable bonds is 4. The molecule has 4 nitrogen and oxygen atoms in total. The molecule has 0 radical (unpaired) electrons. The van der Waals surface area contributed by atoms with Gasteiger partial charge >= 0.3 is 0 Å². The lowest BCUT2D eigenvalue weighted by molar-refractivity contribution is 0.0483. The third kappa shape index (κ3) is 3.99. The Balaban J connectivity index is 1.61. The maximum atomic E-state index is 5.48. The Kier molecular flexibility index (Phi) is 5.32. The maximum Gasteiger partial charge on any atom is 0.128 e. The van der Waals surface area contributed by atoms with Crippen LogP contribution in [0.3, 0.4) is 0 Å². The Morgan fingerprint density at radius 3 is 2.86 bits per heavy atom. The molecule has 0 aromatic carbocycles. The van der Waals surface area contributed by atoms with Gasteiger partial charge in [0.05, 0.1) is 0 Å². The van der Waals surface area contributed by atoms with Crippen LogP contribution in [-0.4, -0.2) is 56.8 Å². The molecule has 0 spiro atoms. The van der Waals surface area contributed by atoms with Gasteiger partial charge in [-0.1, -0.05) is 0 Å². The van der Waals surface area contributed by atoms with E-state index < -0.39 is 0 Å². The highest BCUT2D eigenvalue weighted by molar-refractivity contribution is 5.40. The maximum absolute atomic E-state index is 5.48. The standard InChI is InChI=1S/C18H29N3O/c1-20(2)18-12-16(5-8-19-18)17-4-3-9-21(14-17)13-15-6-10-22-11-7-15/h5,8,12,15,17H,3-4,6-7,9-11,13-14H2,1-2H3/t17-/m0/s1. The second kappa shape index (κ2) is 7.42. The number of likely N-dealkylation sites (tertiary alicyclic amines) is 1. The molecule has 2 aliphatic rings. The van der Waals surface area contributed by atoms with Crippen molar-refractivity contribution in [3.8, 4) is 0 Å². The van der Waals surface area contributed by atoms with Crippen LogP contribution in [0.1, 0.15) is 37.2 Å². The molecule has 2 fully saturated rings. The quantitative estimate of drug-likeness (QED) is 0.855. The molecule has 1 aromatic heterocycles. The Morgan fingerprint density at radius 2 is 2.09 bits per heavy atom. The third-order valence-corrected chi connectivity index (χ3v) is 5.06. The van der Waals surface area contributed by atoms with Gasteiger partial charge < -0.3 is 14.5 Å². The predicted octanol–water partition coefficient (Wildman–Crippen LogP) is 2.75. The Labute approximate surface area is 134 Å². The number of pyridine rings is 1. The largest absolute Gasteiger partial charge is 0.381 e. The SMILES string of the molecule is CN(C)c1cc([C@H]2CCCN(CC3CCOCC3)C2)ccn1. The van der Waals surface area contributed by atoms with E-state index in [0.717, 1.165) is 24.9 Å². The number of hydrogen-bond acceptors (Lipinski definition) is 4. The van der Waals surface area contributed by atoms with Gasteiger partial charge in [-0.15, -0.1) is 0 Å². The molecule has 3 heterocycles. The smallest absolute Gasteiger partial charge is 0.128 e. The number of aromatic nitrogens is 1. The molecular formula is C18H29N3O. The van der Waals surface area contributed by atoms with Crippen LogP contribution in [0.4, 0.5) is 5.82 Å². The number of hydrogen-bond donors (Lipinski definition) is 0. The summed E-state index contributed by atoms with van der Waals surface area (Å²) < 4.78 is 5.48. The van der Waals surface area contributed by atoms with Crippen molar-refractivity contribution in [2.24, 2.45) is 5.92 Å². The van der Waals surface area contributed by atoms with Crippen LogP contribution in [0.15, 0.2) is 18.3 Å². The van der Waals surface area contributed by atoms with Gasteiger partial charge in [0, 0.05) is 46.6 Å². The average Bonchev–Trinajstić information content (AvgIpc) is 2.56. The van der Waals surface area contributed by atoms with Crippen LogP contribution in [0.5, 0.6) is 0 Å². The van der Waals surface area contributed by atoms with Crippen molar-refractivity contribution in [3.05, 3.63) is 23.9 Å². The lowest BCUT2D eigenvalue weighted by atomic mass is 9.90. The van der Waals surface area contributed by atoms with E-state index in [9.17, 15) is 0 Å². The van der Waals surface area contributed by atoms with Crippen molar-refractivity contribution in [1.82, 2.24) is 9.88 Å². The number of piperidine rings is 1. The summed E-state index contributed by atoms with van der Waals surface area (Å²) in [5, 5.41) is 0. The summed E-state index contributed by atoms with van der Waals surface area (Å²) in [4.78, 5) is 9.21. The van der Waals surface area contributed by atoms with E-state index in [1.54, 1.807) is 0 Å². The second-order valence-electron chi connectivity index (χ2n) is 7.00. The van der Waals surface area contributed by atoms with Gasteiger partial charge in [0.2, 0.25) is 0 Å². The zero-order chi connectivity index (χ0) is 15.4. The van der Waals surface area contributed by atoms with Crippen LogP contribution >= 0.6 is 0 Å². The lowest BCUT2D eigenvalue weighted by Gasteiger charge is -2.36. The van der Waals surface area contributed by atoms with Crippen molar-refractivity contribution in [3.63, 3.8) is 0 Å². The van der Waals surface area contributed by atoms with Crippen LogP contribution in [0.25, 0.3) is 0 Å². The van der Waals surface area contributed by atoms with Crippen molar-refractivity contribution in [2.45, 2.75) is 31.6 Å². The molecule has 1 atom stereocenters. The molecule has 2 aliphatic heterocycles. The molecule has 122 valence electrons. The van der Waals surface area contributed by atoms with Crippen LogP contribution in [0, 0.1) is 5.92 Å². The fraction of sp³-hybridized carbons (Fsp3) is 0.722. The Morgan fingerprint density at radius 1 is 1.27 bits per heavy atom. The minimum atomic E-state index is 0.662. The van der Waals surface area contributed by atoms with Gasteiger partial charge in [-0.2, -0.15) is 0 Å². The number of ether oxygens (including phenoxy) is 1. The first-order chi connectivity index (χ1) is 10.7. The molecule has 0 saturated carbocycles. The predicted molar refractivity (Wildman–Crippen MR) is 90.5 cm³/mol. The second-order valence-corrected chi connectivity index (χ2v) is 7.00. The van der Waals surface area contributed by atoms with Crippen molar-refractivity contribution >= 4 is 5.82 Å². The van der Waals surface area contributed by atoms with E-state index in [4.69, 9.17) is 4.74 Å². The van der Waals surface area contributed by atoms with E-state index in [0.29, 0.717) is 5.92 Å². The zero-order valence-corrected chi connectivity index (χ0v) is 14.0. The molecule has 22 heavy (non-hydrogen) atoms. The summed E-state index contributed by atoms with van der Waals surface area (Å²) in [5.74, 6) is 2.57. The van der Waals surface area contributed by atoms with E-state index in [2.05, 4.69) is 41.0 Å². The highest BCUT2D eigenvalue weighted by Crippen LogP contribution is 2.29. The van der Waals surface area contributed by atoms with Crippen molar-refractivity contribution < 1.29 is 4.74 Å². The first kappa shape index (κ1) is 15.8. The fourth-order valence-electron chi connectivity index (χ4n) is 3.72. The summed E-state index contributed by atoms with van der Waals surface area (Å²) in [6.07, 6.45) is 7.05. The normalized spacial score (nSPS) is 24.4. The van der Waals surface area contributed by atoms with Gasteiger partial charge in [0.15, 0.2) is 0 Å². The van der Waals surface area contributed by atoms with Gasteiger partial charge in [0.25, 0.3) is 0 Å². The summed E-state index contributed by atoms with van der Waals surface area (Å²) >= 11 is 0. The van der Waals surface area contributed by atoms with E-state index in [1.807, 2.05) is 6.20 Å². The molecule has 0 amide bonds. The average molecular weight is 303 g/mol. The monoisotopic (exact) mass is 303 g/mol. The minimum Gasteiger partial charge on any atom is -0.381 e. The molecule has 1 aromatic rings. The van der Waals surface area contributed by atoms with E-state index in [1.165, 1.54) is 50.9 Å². The molecule has 4 heteroatoms. The van der Waals surface area contributed by atoms with E-state index in [-0.39, 0.29) is 0 Å². The molecule has 0 unspecified atom stereocenters. The first-order valence-corrected chi connectivity index (χ1v) is 8.66. The number of nitrogens with zero attached hydrogens (tertiary/aromatic N) is 3. The van der Waals surface area contributed by atoms with Gasteiger partial charge in [0.1, 0.15) is 5.82 Å². The Bertz CT molecular complexity index is 471. The summed E-state index contributed by atoms with van der Waals surface area (Å²) in [6.45, 7) is 5.64. The summed E-state index contributed by atoms with van der Waals surface area (Å²) in [6, 6.07) is 4.47. The summed E-state index contributed by atoms with van der Waals surface area (Å²) in [5.41, 5.74) is 1.45. The lowest BCUT2D eigenvalue weighted by Crippen LogP contribution is -2.39. The van der Waals surface area contributed by atoms with E-state index >= 15 is 0 Å². The molecule has 3 rings (SSSR count). The molecule has 0 bridgehead atoms. The van der Waals surface area contributed by atoms with Gasteiger partial charge in [-0.05, 0) is 61.8 Å². The van der Waals surface area contributed by atoms with Crippen molar-refractivity contribution in [2.75, 3.05) is 51.8 Å². The van der Waals surface area contributed by atoms with Crippen LogP contribution in [-0.2, 0) is 4.74 Å². The van der Waals surface area contributed by atoms with Gasteiger partial charge in [-0.3, -0.25) is 0 Å². The van der Waals surface area contributed by atoms with Gasteiger partial charge in [-0.25, -0.2) is 4.98 Å². The highest BCUT2D eigenvalue weighted by atomic mass is 16.5. The summed E-state index contributed by atoms with van der Waals surface area (Å²) in [7, 11) is 4.12. The van der Waals surface area contributed by atoms with Crippen LogP contribution in [0.2, 0.25) is 0 Å². The topological polar surface area (TPSA) is 28.6 Å². The number of anilines is 1. The third-order valence-electron chi connectivity index (χ3n) is 5.06. The fourth-order valence-corrected chi connectivity index (χ4v) is 3.72. The first-order valence-electron chi connectivity index (χ1n) is 8.66. The molecule has 0 N–H and O–H groups in total. The Hall–Kier alpha value is -1.13. The highest BCUT2D eigenvalue weighted by Gasteiger charge is 2.24. The zero-order valence-electron chi connectivity index (χ0n) is 14.0. The molecule has 2 saturated heterocycles. The molecular weight excluding hydrogens is 274 g/mol.